The number of hydrogen-bond acceptors (Lipinski definition) is 5. The molecule has 0 spiro atoms. The lowest BCUT2D eigenvalue weighted by Crippen LogP contribution is -2.26. The fourth-order valence-electron chi connectivity index (χ4n) is 2.85. The molecule has 31 heavy (non-hydrogen) atoms. The molecule has 2 aromatic carbocycles. The van der Waals surface area contributed by atoms with Crippen LogP contribution in [0.25, 0.3) is 11.3 Å². The Morgan fingerprint density at radius 1 is 1.10 bits per heavy atom. The third-order valence-corrected chi connectivity index (χ3v) is 5.02. The summed E-state index contributed by atoms with van der Waals surface area (Å²) in [4.78, 5) is 28.5. The van der Waals surface area contributed by atoms with E-state index >= 15 is 0 Å². The van der Waals surface area contributed by atoms with Crippen molar-refractivity contribution < 1.29 is 23.1 Å². The van der Waals surface area contributed by atoms with Gasteiger partial charge >= 0.3 is 0 Å². The number of nitrogens with one attached hydrogen (secondary N) is 2. The Morgan fingerprint density at radius 2 is 1.84 bits per heavy atom. The number of benzene rings is 2. The molecule has 1 heterocycles. The van der Waals surface area contributed by atoms with Crippen molar-refractivity contribution in [3.63, 3.8) is 0 Å². The van der Waals surface area contributed by atoms with E-state index in [1.165, 1.54) is 11.4 Å². The molecule has 9 heteroatoms. The van der Waals surface area contributed by atoms with E-state index in [0.717, 1.165) is 23.5 Å². The lowest BCUT2D eigenvalue weighted by atomic mass is 10.1. The Hall–Kier alpha value is -3.33. The highest BCUT2D eigenvalue weighted by atomic mass is 32.1. The topological polar surface area (TPSA) is 80.3 Å². The van der Waals surface area contributed by atoms with Gasteiger partial charge in [0.2, 0.25) is 5.91 Å². The molecule has 0 aliphatic heterocycles. The zero-order valence-corrected chi connectivity index (χ0v) is 17.6. The minimum absolute atomic E-state index is 0.121. The summed E-state index contributed by atoms with van der Waals surface area (Å²) in [6.45, 7) is 2.59. The molecule has 0 fully saturated rings. The van der Waals surface area contributed by atoms with Gasteiger partial charge in [-0.05, 0) is 37.6 Å². The molecule has 3 rings (SSSR count). The molecule has 1 aromatic heterocycles. The lowest BCUT2D eigenvalue weighted by molar-refractivity contribution is -0.116. The molecule has 0 saturated heterocycles. The van der Waals surface area contributed by atoms with E-state index in [1.54, 1.807) is 24.3 Å². The molecule has 0 aliphatic rings. The van der Waals surface area contributed by atoms with E-state index < -0.39 is 11.6 Å². The molecule has 0 aliphatic carbocycles. The van der Waals surface area contributed by atoms with Crippen molar-refractivity contribution in [1.29, 1.82) is 0 Å². The monoisotopic (exact) mass is 445 g/mol. The van der Waals surface area contributed by atoms with Crippen molar-refractivity contribution in [2.45, 2.75) is 19.8 Å². The predicted octanol–water partition coefficient (Wildman–Crippen LogP) is 4.64. The number of carbonyl (C=O) groups is 2. The summed E-state index contributed by atoms with van der Waals surface area (Å²) < 4.78 is 33.2. The summed E-state index contributed by atoms with van der Waals surface area (Å²) in [6.07, 6.45) is 0.560. The van der Waals surface area contributed by atoms with E-state index in [2.05, 4.69) is 15.6 Å². The van der Waals surface area contributed by atoms with Crippen LogP contribution >= 0.6 is 11.3 Å². The highest BCUT2D eigenvalue weighted by molar-refractivity contribution is 7.14. The van der Waals surface area contributed by atoms with Crippen molar-refractivity contribution in [3.8, 4) is 17.0 Å². The number of amides is 2. The van der Waals surface area contributed by atoms with Gasteiger partial charge in [0.05, 0.1) is 23.4 Å². The van der Waals surface area contributed by atoms with Crippen LogP contribution in [0.15, 0.2) is 47.8 Å². The first kappa shape index (κ1) is 22.4. The van der Waals surface area contributed by atoms with Crippen molar-refractivity contribution >= 4 is 28.3 Å². The van der Waals surface area contributed by atoms with E-state index in [0.29, 0.717) is 30.9 Å². The molecule has 0 atom stereocenters. The highest BCUT2D eigenvalue weighted by Gasteiger charge is 2.15. The minimum Gasteiger partial charge on any atom is -0.493 e. The largest absolute Gasteiger partial charge is 0.493 e. The van der Waals surface area contributed by atoms with E-state index in [4.69, 9.17) is 4.74 Å². The second kappa shape index (κ2) is 10.6. The van der Waals surface area contributed by atoms with Gasteiger partial charge in [0, 0.05) is 18.3 Å². The van der Waals surface area contributed by atoms with Crippen molar-refractivity contribution in [2.24, 2.45) is 0 Å². The summed E-state index contributed by atoms with van der Waals surface area (Å²) in [7, 11) is 0. The molecule has 6 nitrogen and oxygen atoms in total. The number of rotatable bonds is 9. The Kier molecular flexibility index (Phi) is 7.66. The first-order chi connectivity index (χ1) is 15.0. The van der Waals surface area contributed by atoms with Gasteiger partial charge in [0.1, 0.15) is 17.4 Å². The standard InChI is InChI=1S/C22H21F2N3O3S/c1-2-30-18-10-4-3-7-14(18)21(29)25-12-6-11-19(28)27-22-26-17(13-31-22)20-15(23)8-5-9-16(20)24/h3-5,7-10,13H,2,6,11-12H2,1H3,(H,25,29)(H,26,27,28). The fraction of sp³-hybridized carbons (Fsp3) is 0.227. The quantitative estimate of drug-likeness (QED) is 0.471. The average molecular weight is 445 g/mol. The number of aromatic nitrogens is 1. The van der Waals surface area contributed by atoms with Gasteiger partial charge in [-0.25, -0.2) is 13.8 Å². The van der Waals surface area contributed by atoms with E-state index in [1.807, 2.05) is 6.92 Å². The molecular weight excluding hydrogens is 424 g/mol. The number of carbonyl (C=O) groups excluding carboxylic acids is 2. The molecule has 0 bridgehead atoms. The maximum absolute atomic E-state index is 13.9. The number of hydrogen-bond donors (Lipinski definition) is 2. The van der Waals surface area contributed by atoms with Crippen LogP contribution in [0.1, 0.15) is 30.1 Å². The molecule has 2 amide bonds. The molecule has 2 N–H and O–H groups in total. The summed E-state index contributed by atoms with van der Waals surface area (Å²) in [5.41, 5.74) is 0.329. The van der Waals surface area contributed by atoms with Gasteiger partial charge in [-0.1, -0.05) is 18.2 Å². The van der Waals surface area contributed by atoms with Crippen LogP contribution in [0.2, 0.25) is 0 Å². The maximum Gasteiger partial charge on any atom is 0.255 e. The normalized spacial score (nSPS) is 10.5. The lowest BCUT2D eigenvalue weighted by Gasteiger charge is -2.10. The van der Waals surface area contributed by atoms with Gasteiger partial charge in [-0.15, -0.1) is 11.3 Å². The minimum atomic E-state index is -0.718. The number of thiazole rings is 1. The van der Waals surface area contributed by atoms with Gasteiger partial charge in [-0.2, -0.15) is 0 Å². The average Bonchev–Trinajstić information content (AvgIpc) is 3.19. The smallest absolute Gasteiger partial charge is 0.255 e. The van der Waals surface area contributed by atoms with Gasteiger partial charge in [-0.3, -0.25) is 9.59 Å². The summed E-state index contributed by atoms with van der Waals surface area (Å²) in [5.74, 6) is -1.51. The summed E-state index contributed by atoms with van der Waals surface area (Å²) >= 11 is 1.08. The molecule has 0 saturated carbocycles. The zero-order valence-electron chi connectivity index (χ0n) is 16.8. The molecule has 0 radical (unpaired) electrons. The zero-order chi connectivity index (χ0) is 22.2. The van der Waals surface area contributed by atoms with E-state index in [9.17, 15) is 18.4 Å². The molecular formula is C22H21F2N3O3S. The van der Waals surface area contributed by atoms with Crippen LogP contribution in [0.5, 0.6) is 5.75 Å². The van der Waals surface area contributed by atoms with Gasteiger partial charge in [0.15, 0.2) is 5.13 Å². The van der Waals surface area contributed by atoms with Crippen LogP contribution in [-0.2, 0) is 4.79 Å². The summed E-state index contributed by atoms with van der Waals surface area (Å²) in [5, 5.41) is 7.09. The van der Waals surface area contributed by atoms with Gasteiger partial charge < -0.3 is 15.4 Å². The number of para-hydroxylation sites is 1. The number of anilines is 1. The fourth-order valence-corrected chi connectivity index (χ4v) is 3.57. The maximum atomic E-state index is 13.9. The SMILES string of the molecule is CCOc1ccccc1C(=O)NCCCC(=O)Nc1nc(-c2c(F)cccc2F)cs1. The molecule has 3 aromatic rings. The van der Waals surface area contributed by atoms with Crippen molar-refractivity contribution in [2.75, 3.05) is 18.5 Å². The second-order valence-corrected chi connectivity index (χ2v) is 7.33. The summed E-state index contributed by atoms with van der Waals surface area (Å²) in [6, 6.07) is 10.5. The predicted molar refractivity (Wildman–Crippen MR) is 115 cm³/mol. The van der Waals surface area contributed by atoms with Crippen LogP contribution in [0, 0.1) is 11.6 Å². The Labute approximate surface area is 182 Å². The second-order valence-electron chi connectivity index (χ2n) is 6.47. The first-order valence-electron chi connectivity index (χ1n) is 9.69. The Balaban J connectivity index is 1.47. The van der Waals surface area contributed by atoms with Gasteiger partial charge in [0.25, 0.3) is 5.91 Å². The van der Waals surface area contributed by atoms with Crippen molar-refractivity contribution in [1.82, 2.24) is 10.3 Å². The third-order valence-electron chi connectivity index (χ3n) is 4.27. The highest BCUT2D eigenvalue weighted by Crippen LogP contribution is 2.29. The van der Waals surface area contributed by atoms with E-state index in [-0.39, 0.29) is 34.6 Å². The van der Waals surface area contributed by atoms with Crippen LogP contribution in [-0.4, -0.2) is 29.9 Å². The third kappa shape index (κ3) is 5.85. The number of nitrogens with zero attached hydrogens (tertiary/aromatic N) is 1. The first-order valence-corrected chi connectivity index (χ1v) is 10.6. The molecule has 0 unspecified atom stereocenters. The Morgan fingerprint density at radius 3 is 2.58 bits per heavy atom. The van der Waals surface area contributed by atoms with Crippen LogP contribution in [0.3, 0.4) is 0 Å². The number of ether oxygens (including phenoxy) is 1. The van der Waals surface area contributed by atoms with Crippen LogP contribution < -0.4 is 15.4 Å². The number of halogens is 2. The van der Waals surface area contributed by atoms with Crippen molar-refractivity contribution in [3.05, 3.63) is 65.0 Å². The Bertz CT molecular complexity index is 1050. The molecule has 162 valence electrons. The van der Waals surface area contributed by atoms with Crippen LogP contribution in [0.4, 0.5) is 13.9 Å².